The maximum atomic E-state index is 5.18. The fourth-order valence-electron chi connectivity index (χ4n) is 1.37. The van der Waals surface area contributed by atoms with Gasteiger partial charge in [-0.1, -0.05) is 13.8 Å². The van der Waals surface area contributed by atoms with Gasteiger partial charge in [0.1, 0.15) is 0 Å². The number of nitrogens with zero attached hydrogens (tertiary/aromatic N) is 1. The topological polar surface area (TPSA) is 24.5 Å². The predicted octanol–water partition coefficient (Wildman–Crippen LogP) is 0.315. The SMILES string of the molecule is COC1CN(CCNC(C)C)C1. The van der Waals surface area contributed by atoms with Crippen LogP contribution in [0.4, 0.5) is 0 Å². The van der Waals surface area contributed by atoms with Crippen molar-refractivity contribution in [1.82, 2.24) is 10.2 Å². The highest BCUT2D eigenvalue weighted by Gasteiger charge is 2.25. The summed E-state index contributed by atoms with van der Waals surface area (Å²) in [4.78, 5) is 2.41. The van der Waals surface area contributed by atoms with E-state index in [1.807, 2.05) is 0 Å². The molecule has 0 atom stereocenters. The second-order valence-corrected chi connectivity index (χ2v) is 3.73. The number of ether oxygens (including phenoxy) is 1. The molecule has 0 saturated carbocycles. The molecule has 0 aliphatic carbocycles. The molecule has 3 nitrogen and oxygen atoms in total. The lowest BCUT2D eigenvalue weighted by Gasteiger charge is -2.38. The maximum Gasteiger partial charge on any atom is 0.0824 e. The number of hydrogen-bond acceptors (Lipinski definition) is 3. The second kappa shape index (κ2) is 4.80. The average Bonchev–Trinajstić information content (AvgIpc) is 1.93. The Balaban J connectivity index is 1.90. The zero-order chi connectivity index (χ0) is 8.97. The van der Waals surface area contributed by atoms with E-state index in [2.05, 4.69) is 24.1 Å². The summed E-state index contributed by atoms with van der Waals surface area (Å²) in [6.07, 6.45) is 0.490. The van der Waals surface area contributed by atoms with Crippen LogP contribution in [0.1, 0.15) is 13.8 Å². The highest BCUT2D eigenvalue weighted by molar-refractivity contribution is 4.80. The van der Waals surface area contributed by atoms with E-state index in [4.69, 9.17) is 4.74 Å². The van der Waals surface area contributed by atoms with Crippen LogP contribution < -0.4 is 5.32 Å². The molecule has 12 heavy (non-hydrogen) atoms. The van der Waals surface area contributed by atoms with Gasteiger partial charge in [-0.25, -0.2) is 0 Å². The molecule has 0 aromatic carbocycles. The Bertz CT molecular complexity index is 122. The number of methoxy groups -OCH3 is 1. The van der Waals surface area contributed by atoms with E-state index in [1.165, 1.54) is 0 Å². The Hall–Kier alpha value is -0.120. The van der Waals surface area contributed by atoms with Crippen molar-refractivity contribution in [1.29, 1.82) is 0 Å². The molecule has 0 aromatic rings. The first-order valence-corrected chi connectivity index (χ1v) is 4.71. The molecule has 1 rings (SSSR count). The Morgan fingerprint density at radius 2 is 2.17 bits per heavy atom. The van der Waals surface area contributed by atoms with Crippen LogP contribution in [0.2, 0.25) is 0 Å². The third-order valence-corrected chi connectivity index (χ3v) is 2.24. The summed E-state index contributed by atoms with van der Waals surface area (Å²) in [5, 5.41) is 3.39. The molecule has 72 valence electrons. The van der Waals surface area contributed by atoms with Gasteiger partial charge in [0.15, 0.2) is 0 Å². The van der Waals surface area contributed by atoms with Crippen LogP contribution in [0.3, 0.4) is 0 Å². The second-order valence-electron chi connectivity index (χ2n) is 3.73. The summed E-state index contributed by atoms with van der Waals surface area (Å²) < 4.78 is 5.18. The van der Waals surface area contributed by atoms with Crippen molar-refractivity contribution in [3.05, 3.63) is 0 Å². The van der Waals surface area contributed by atoms with E-state index in [1.54, 1.807) is 7.11 Å². The zero-order valence-electron chi connectivity index (χ0n) is 8.34. The van der Waals surface area contributed by atoms with Gasteiger partial charge >= 0.3 is 0 Å². The molecule has 0 bridgehead atoms. The van der Waals surface area contributed by atoms with Crippen LogP contribution in [-0.4, -0.2) is 50.3 Å². The van der Waals surface area contributed by atoms with Crippen molar-refractivity contribution in [2.24, 2.45) is 0 Å². The summed E-state index contributed by atoms with van der Waals surface area (Å²) in [6.45, 7) is 8.81. The fraction of sp³-hybridized carbons (Fsp3) is 1.00. The van der Waals surface area contributed by atoms with Crippen LogP contribution in [0.25, 0.3) is 0 Å². The minimum Gasteiger partial charge on any atom is -0.379 e. The first kappa shape index (κ1) is 9.96. The molecule has 1 fully saturated rings. The molecule has 0 unspecified atom stereocenters. The van der Waals surface area contributed by atoms with Gasteiger partial charge in [-0.15, -0.1) is 0 Å². The molecular formula is C9H20N2O. The average molecular weight is 172 g/mol. The van der Waals surface area contributed by atoms with E-state index < -0.39 is 0 Å². The number of rotatable bonds is 5. The number of hydrogen-bond donors (Lipinski definition) is 1. The van der Waals surface area contributed by atoms with Crippen LogP contribution >= 0.6 is 0 Å². The Morgan fingerprint density at radius 3 is 2.67 bits per heavy atom. The number of nitrogens with one attached hydrogen (secondary N) is 1. The van der Waals surface area contributed by atoms with Gasteiger partial charge in [0.25, 0.3) is 0 Å². The van der Waals surface area contributed by atoms with E-state index >= 15 is 0 Å². The summed E-state index contributed by atoms with van der Waals surface area (Å²) in [7, 11) is 1.79. The Morgan fingerprint density at radius 1 is 1.50 bits per heavy atom. The van der Waals surface area contributed by atoms with E-state index in [0.717, 1.165) is 26.2 Å². The molecule has 0 amide bonds. The van der Waals surface area contributed by atoms with Crippen molar-refractivity contribution in [3.8, 4) is 0 Å². The summed E-state index contributed by atoms with van der Waals surface area (Å²) in [6, 6.07) is 0.601. The zero-order valence-corrected chi connectivity index (χ0v) is 8.34. The fourth-order valence-corrected chi connectivity index (χ4v) is 1.37. The molecule has 1 aliphatic rings. The molecule has 0 aromatic heterocycles. The summed E-state index contributed by atoms with van der Waals surface area (Å²) >= 11 is 0. The third kappa shape index (κ3) is 3.09. The van der Waals surface area contributed by atoms with Gasteiger partial charge in [0.2, 0.25) is 0 Å². The number of likely N-dealkylation sites (tertiary alicyclic amines) is 1. The standard InChI is InChI=1S/C9H20N2O/c1-8(2)10-4-5-11-6-9(7-11)12-3/h8-10H,4-7H2,1-3H3. The van der Waals surface area contributed by atoms with Crippen LogP contribution in [-0.2, 0) is 4.74 Å². The van der Waals surface area contributed by atoms with Gasteiger partial charge in [-0.2, -0.15) is 0 Å². The van der Waals surface area contributed by atoms with Gasteiger partial charge in [0, 0.05) is 39.3 Å². The molecule has 1 saturated heterocycles. The molecule has 1 aliphatic heterocycles. The van der Waals surface area contributed by atoms with Crippen LogP contribution in [0, 0.1) is 0 Å². The Labute approximate surface area is 75.1 Å². The van der Waals surface area contributed by atoms with E-state index in [-0.39, 0.29) is 0 Å². The minimum atomic E-state index is 0.490. The van der Waals surface area contributed by atoms with Gasteiger partial charge < -0.3 is 10.1 Å². The van der Waals surface area contributed by atoms with Gasteiger partial charge in [-0.3, -0.25) is 4.90 Å². The first-order valence-electron chi connectivity index (χ1n) is 4.71. The quantitative estimate of drug-likeness (QED) is 0.646. The van der Waals surface area contributed by atoms with E-state index in [9.17, 15) is 0 Å². The van der Waals surface area contributed by atoms with E-state index in [0.29, 0.717) is 12.1 Å². The molecule has 1 N–H and O–H groups in total. The monoisotopic (exact) mass is 172 g/mol. The smallest absolute Gasteiger partial charge is 0.0824 e. The molecule has 0 radical (unpaired) electrons. The first-order chi connectivity index (χ1) is 5.72. The maximum absolute atomic E-state index is 5.18. The summed E-state index contributed by atoms with van der Waals surface area (Å²) in [5.41, 5.74) is 0. The van der Waals surface area contributed by atoms with Gasteiger partial charge in [0.05, 0.1) is 6.10 Å². The lowest BCUT2D eigenvalue weighted by molar-refractivity contribution is -0.0284. The lowest BCUT2D eigenvalue weighted by Crippen LogP contribution is -2.53. The third-order valence-electron chi connectivity index (χ3n) is 2.24. The normalized spacial score (nSPS) is 20.0. The van der Waals surface area contributed by atoms with Crippen molar-refractivity contribution in [3.63, 3.8) is 0 Å². The van der Waals surface area contributed by atoms with Crippen LogP contribution in [0.5, 0.6) is 0 Å². The minimum absolute atomic E-state index is 0.490. The largest absolute Gasteiger partial charge is 0.379 e. The van der Waals surface area contributed by atoms with Crippen molar-refractivity contribution >= 4 is 0 Å². The molecule has 3 heteroatoms. The van der Waals surface area contributed by atoms with Crippen molar-refractivity contribution < 1.29 is 4.74 Å². The highest BCUT2D eigenvalue weighted by atomic mass is 16.5. The van der Waals surface area contributed by atoms with Crippen molar-refractivity contribution in [2.45, 2.75) is 26.0 Å². The molecular weight excluding hydrogens is 152 g/mol. The van der Waals surface area contributed by atoms with Crippen LogP contribution in [0.15, 0.2) is 0 Å². The summed E-state index contributed by atoms with van der Waals surface area (Å²) in [5.74, 6) is 0. The predicted molar refractivity (Wildman–Crippen MR) is 50.4 cm³/mol. The molecule has 0 spiro atoms. The lowest BCUT2D eigenvalue weighted by atomic mass is 10.2. The Kier molecular flexibility index (Phi) is 3.98. The van der Waals surface area contributed by atoms with Gasteiger partial charge in [-0.05, 0) is 0 Å². The highest BCUT2D eigenvalue weighted by Crippen LogP contribution is 2.08. The molecule has 1 heterocycles. The van der Waals surface area contributed by atoms with Crippen molar-refractivity contribution in [2.75, 3.05) is 33.3 Å².